The van der Waals surface area contributed by atoms with Gasteiger partial charge < -0.3 is 14.3 Å². The third-order valence-corrected chi connectivity index (χ3v) is 5.72. The van der Waals surface area contributed by atoms with E-state index in [0.717, 1.165) is 26.5 Å². The number of hydrogen-bond donors (Lipinski definition) is 1. The predicted molar refractivity (Wildman–Crippen MR) is 120 cm³/mol. The molecule has 1 amide bonds. The largest absolute Gasteiger partial charge is 0.467 e. The van der Waals surface area contributed by atoms with E-state index in [9.17, 15) is 9.59 Å². The summed E-state index contributed by atoms with van der Waals surface area (Å²) in [5, 5.41) is 0.985. The molecule has 6 heteroatoms. The lowest BCUT2D eigenvalue weighted by atomic mass is 10.0. The van der Waals surface area contributed by atoms with Gasteiger partial charge in [-0.1, -0.05) is 28.1 Å². The molecule has 2 heterocycles. The number of aromatic nitrogens is 1. The SMILES string of the molecule is Cc1ccc(C)c2[nH]c(=O)c(CN(Cc3ccco3)C(=O)c3ccc(Br)cc3)cc12. The number of fused-ring (bicyclic) bond motifs is 1. The Morgan fingerprint density at radius 2 is 1.77 bits per heavy atom. The Balaban J connectivity index is 1.73. The van der Waals surface area contributed by atoms with Crippen molar-refractivity contribution in [3.8, 4) is 0 Å². The van der Waals surface area contributed by atoms with Crippen LogP contribution in [-0.2, 0) is 13.1 Å². The molecule has 152 valence electrons. The number of nitrogens with one attached hydrogen (secondary N) is 1. The van der Waals surface area contributed by atoms with Crippen molar-refractivity contribution >= 4 is 32.7 Å². The summed E-state index contributed by atoms with van der Waals surface area (Å²) in [4.78, 5) is 30.7. The van der Waals surface area contributed by atoms with Crippen LogP contribution in [-0.4, -0.2) is 15.8 Å². The van der Waals surface area contributed by atoms with Gasteiger partial charge >= 0.3 is 0 Å². The maximum Gasteiger partial charge on any atom is 0.254 e. The van der Waals surface area contributed by atoms with Gasteiger partial charge in [0.2, 0.25) is 0 Å². The lowest BCUT2D eigenvalue weighted by molar-refractivity contribution is 0.0717. The van der Waals surface area contributed by atoms with Crippen LogP contribution in [0.1, 0.15) is 32.8 Å². The smallest absolute Gasteiger partial charge is 0.254 e. The molecular weight excluding hydrogens is 444 g/mol. The van der Waals surface area contributed by atoms with Crippen LogP contribution in [0.2, 0.25) is 0 Å². The number of rotatable bonds is 5. The first-order valence-corrected chi connectivity index (χ1v) is 10.4. The van der Waals surface area contributed by atoms with E-state index in [1.165, 1.54) is 0 Å². The maximum atomic E-state index is 13.2. The summed E-state index contributed by atoms with van der Waals surface area (Å²) in [5.74, 6) is 0.490. The zero-order chi connectivity index (χ0) is 21.3. The molecule has 4 rings (SSSR count). The van der Waals surface area contributed by atoms with Crippen LogP contribution in [0.4, 0.5) is 0 Å². The fraction of sp³-hybridized carbons (Fsp3) is 0.167. The molecule has 4 aromatic rings. The van der Waals surface area contributed by atoms with Crippen molar-refractivity contribution in [2.45, 2.75) is 26.9 Å². The molecule has 0 aliphatic carbocycles. The Bertz CT molecular complexity index is 1260. The molecule has 0 fully saturated rings. The highest BCUT2D eigenvalue weighted by Crippen LogP contribution is 2.21. The van der Waals surface area contributed by atoms with Crippen LogP contribution in [0.25, 0.3) is 10.9 Å². The summed E-state index contributed by atoms with van der Waals surface area (Å²) in [5.41, 5.74) is 3.81. The van der Waals surface area contributed by atoms with E-state index in [1.54, 1.807) is 29.4 Å². The Morgan fingerprint density at radius 1 is 1.03 bits per heavy atom. The minimum Gasteiger partial charge on any atom is -0.467 e. The summed E-state index contributed by atoms with van der Waals surface area (Å²) in [6.45, 7) is 4.43. The summed E-state index contributed by atoms with van der Waals surface area (Å²) in [6, 6.07) is 16.7. The molecule has 0 bridgehead atoms. The number of furan rings is 1. The minimum atomic E-state index is -0.191. The lowest BCUT2D eigenvalue weighted by Crippen LogP contribution is -2.32. The first-order chi connectivity index (χ1) is 14.4. The van der Waals surface area contributed by atoms with Crippen molar-refractivity contribution < 1.29 is 9.21 Å². The highest BCUT2D eigenvalue weighted by molar-refractivity contribution is 9.10. The highest BCUT2D eigenvalue weighted by atomic mass is 79.9. The highest BCUT2D eigenvalue weighted by Gasteiger charge is 2.20. The zero-order valence-electron chi connectivity index (χ0n) is 16.7. The summed E-state index contributed by atoms with van der Waals surface area (Å²) in [6.07, 6.45) is 1.58. The average molecular weight is 465 g/mol. The summed E-state index contributed by atoms with van der Waals surface area (Å²) in [7, 11) is 0. The molecule has 1 N–H and O–H groups in total. The Hall–Kier alpha value is -3.12. The van der Waals surface area contributed by atoms with Crippen LogP contribution in [0.5, 0.6) is 0 Å². The summed E-state index contributed by atoms with van der Waals surface area (Å²) >= 11 is 3.39. The van der Waals surface area contributed by atoms with Crippen molar-refractivity contribution in [3.05, 3.63) is 104 Å². The normalized spacial score (nSPS) is 11.0. The fourth-order valence-electron chi connectivity index (χ4n) is 3.51. The number of hydrogen-bond acceptors (Lipinski definition) is 3. The molecule has 0 unspecified atom stereocenters. The van der Waals surface area contributed by atoms with Crippen LogP contribution in [0.15, 0.2) is 74.5 Å². The number of halogens is 1. The molecule has 2 aromatic carbocycles. The molecule has 5 nitrogen and oxygen atoms in total. The third-order valence-electron chi connectivity index (χ3n) is 5.19. The van der Waals surface area contributed by atoms with Gasteiger partial charge in [0.05, 0.1) is 24.9 Å². The molecule has 0 aliphatic heterocycles. The van der Waals surface area contributed by atoms with Crippen molar-refractivity contribution in [1.29, 1.82) is 0 Å². The number of benzene rings is 2. The first kappa shape index (κ1) is 20.2. The number of amides is 1. The van der Waals surface area contributed by atoms with Gasteiger partial charge in [-0.25, -0.2) is 0 Å². The molecule has 0 aliphatic rings. The summed E-state index contributed by atoms with van der Waals surface area (Å²) < 4.78 is 6.35. The lowest BCUT2D eigenvalue weighted by Gasteiger charge is -2.22. The maximum absolute atomic E-state index is 13.2. The van der Waals surface area contributed by atoms with Gasteiger partial charge in [-0.3, -0.25) is 9.59 Å². The van der Waals surface area contributed by atoms with Gasteiger partial charge in [0.25, 0.3) is 11.5 Å². The number of carbonyl (C=O) groups excluding carboxylic acids is 1. The monoisotopic (exact) mass is 464 g/mol. The molecular formula is C24H21BrN2O3. The van der Waals surface area contributed by atoms with E-state index in [4.69, 9.17) is 4.42 Å². The topological polar surface area (TPSA) is 66.3 Å². The van der Waals surface area contributed by atoms with Gasteiger partial charge in [-0.05, 0) is 67.4 Å². The Labute approximate surface area is 182 Å². The fourth-order valence-corrected chi connectivity index (χ4v) is 3.77. The van der Waals surface area contributed by atoms with Gasteiger partial charge in [-0.2, -0.15) is 0 Å². The first-order valence-electron chi connectivity index (χ1n) is 9.61. The molecule has 30 heavy (non-hydrogen) atoms. The number of pyridine rings is 1. The number of H-pyrrole nitrogens is 1. The average Bonchev–Trinajstić information content (AvgIpc) is 3.24. The molecule has 0 spiro atoms. The minimum absolute atomic E-state index is 0.167. The van der Waals surface area contributed by atoms with Crippen LogP contribution < -0.4 is 5.56 Å². The number of aryl methyl sites for hydroxylation is 2. The van der Waals surface area contributed by atoms with E-state index >= 15 is 0 Å². The second-order valence-corrected chi connectivity index (χ2v) is 8.27. The Morgan fingerprint density at radius 3 is 2.47 bits per heavy atom. The van der Waals surface area contributed by atoms with Crippen molar-refractivity contribution in [3.63, 3.8) is 0 Å². The van der Waals surface area contributed by atoms with Gasteiger partial charge in [0.1, 0.15) is 5.76 Å². The van der Waals surface area contributed by atoms with Gasteiger partial charge in [0, 0.05) is 21.0 Å². The zero-order valence-corrected chi connectivity index (χ0v) is 18.3. The second kappa shape index (κ2) is 8.32. The second-order valence-electron chi connectivity index (χ2n) is 7.36. The molecule has 0 saturated carbocycles. The molecule has 0 saturated heterocycles. The standard InChI is InChI=1S/C24H21BrN2O3/c1-15-5-6-16(2)22-21(15)12-18(23(28)26-22)13-27(14-20-4-3-11-30-20)24(29)17-7-9-19(25)10-8-17/h3-12H,13-14H2,1-2H3,(H,26,28). The van der Waals surface area contributed by atoms with E-state index < -0.39 is 0 Å². The van der Waals surface area contributed by atoms with E-state index in [0.29, 0.717) is 16.9 Å². The van der Waals surface area contributed by atoms with Gasteiger partial charge in [-0.15, -0.1) is 0 Å². The van der Waals surface area contributed by atoms with Crippen LogP contribution >= 0.6 is 15.9 Å². The van der Waals surface area contributed by atoms with Crippen molar-refractivity contribution in [1.82, 2.24) is 9.88 Å². The quantitative estimate of drug-likeness (QED) is 0.433. The molecule has 0 radical (unpaired) electrons. The van der Waals surface area contributed by atoms with Crippen molar-refractivity contribution in [2.24, 2.45) is 0 Å². The molecule has 0 atom stereocenters. The Kier molecular flexibility index (Phi) is 5.59. The predicted octanol–water partition coefficient (Wildman–Crippen LogP) is 5.34. The van der Waals surface area contributed by atoms with Crippen LogP contribution in [0.3, 0.4) is 0 Å². The van der Waals surface area contributed by atoms with E-state index in [2.05, 4.69) is 20.9 Å². The van der Waals surface area contributed by atoms with Crippen LogP contribution in [0, 0.1) is 13.8 Å². The number of nitrogens with zero attached hydrogens (tertiary/aromatic N) is 1. The number of aromatic amines is 1. The van der Waals surface area contributed by atoms with Gasteiger partial charge in [0.15, 0.2) is 0 Å². The van der Waals surface area contributed by atoms with E-state index in [-0.39, 0.29) is 24.6 Å². The number of carbonyl (C=O) groups is 1. The van der Waals surface area contributed by atoms with E-state index in [1.807, 2.05) is 50.2 Å². The third kappa shape index (κ3) is 4.09. The molecule has 2 aromatic heterocycles. The van der Waals surface area contributed by atoms with Crippen molar-refractivity contribution in [2.75, 3.05) is 0 Å².